The molecule has 0 spiro atoms. The van der Waals surface area contributed by atoms with Crippen molar-refractivity contribution in [3.8, 4) is 0 Å². The maximum atomic E-state index is 13.4. The van der Waals surface area contributed by atoms with Gasteiger partial charge in [-0.3, -0.25) is 4.79 Å². The van der Waals surface area contributed by atoms with Crippen LogP contribution in [0.1, 0.15) is 348 Å². The van der Waals surface area contributed by atoms with Crippen LogP contribution in [0.25, 0.3) is 0 Å². The van der Waals surface area contributed by atoms with Crippen molar-refractivity contribution in [2.75, 3.05) is 19.8 Å². The van der Waals surface area contributed by atoms with E-state index < -0.39 is 86.8 Å². The fourth-order valence-electron chi connectivity index (χ4n) is 13.6. The normalized spacial score (nSPS) is 22.0. The van der Waals surface area contributed by atoms with Crippen LogP contribution in [0.3, 0.4) is 0 Å². The molecular formula is C92H159NO13. The Morgan fingerprint density at radius 2 is 0.651 bits per heavy atom. The zero-order valence-corrected chi connectivity index (χ0v) is 67.1. The Hall–Kier alpha value is -3.87. The third-order valence-electron chi connectivity index (χ3n) is 20.3. The minimum absolute atomic E-state index is 0.249. The van der Waals surface area contributed by atoms with Gasteiger partial charge in [-0.1, -0.05) is 379 Å². The average molecular weight is 1490 g/mol. The van der Waals surface area contributed by atoms with E-state index in [1.165, 1.54) is 205 Å². The molecule has 0 saturated carbocycles. The summed E-state index contributed by atoms with van der Waals surface area (Å²) in [6.45, 7) is 2.72. The molecule has 0 radical (unpaired) electrons. The molecular weight excluding hydrogens is 1330 g/mol. The first-order chi connectivity index (χ1) is 52.1. The van der Waals surface area contributed by atoms with Crippen LogP contribution in [0.5, 0.6) is 0 Å². The molecule has 0 aromatic carbocycles. The van der Waals surface area contributed by atoms with Crippen LogP contribution in [0.2, 0.25) is 0 Å². The summed E-state index contributed by atoms with van der Waals surface area (Å²) in [4.78, 5) is 13.4. The molecule has 12 atom stereocenters. The van der Waals surface area contributed by atoms with Gasteiger partial charge in [0.15, 0.2) is 12.6 Å². The number of unbranched alkanes of at least 4 members (excludes halogenated alkanes) is 39. The van der Waals surface area contributed by atoms with Crippen LogP contribution in [-0.4, -0.2) is 140 Å². The monoisotopic (exact) mass is 1490 g/mol. The van der Waals surface area contributed by atoms with Crippen LogP contribution in [0, 0.1) is 0 Å². The van der Waals surface area contributed by atoms with Crippen molar-refractivity contribution in [2.24, 2.45) is 0 Å². The lowest BCUT2D eigenvalue weighted by Gasteiger charge is -2.46. The molecule has 2 aliphatic rings. The molecule has 9 N–H and O–H groups in total. The van der Waals surface area contributed by atoms with Crippen molar-refractivity contribution >= 4 is 5.91 Å². The summed E-state index contributed by atoms with van der Waals surface area (Å²) >= 11 is 0. The number of aliphatic hydroxyl groups is 8. The van der Waals surface area contributed by atoms with Crippen molar-refractivity contribution in [2.45, 2.75) is 421 Å². The van der Waals surface area contributed by atoms with Gasteiger partial charge in [-0.2, -0.15) is 0 Å². The second kappa shape index (κ2) is 73.9. The maximum Gasteiger partial charge on any atom is 0.220 e. The lowest BCUT2D eigenvalue weighted by Crippen LogP contribution is -2.65. The number of aliphatic hydroxyl groups excluding tert-OH is 8. The van der Waals surface area contributed by atoms with E-state index in [2.05, 4.69) is 141 Å². The van der Waals surface area contributed by atoms with E-state index in [1.807, 2.05) is 6.08 Å². The summed E-state index contributed by atoms with van der Waals surface area (Å²) in [7, 11) is 0. The molecule has 1 amide bonds. The number of allylic oxidation sites excluding steroid dienone is 21. The Morgan fingerprint density at radius 3 is 1.00 bits per heavy atom. The summed E-state index contributed by atoms with van der Waals surface area (Å²) in [6.07, 6.45) is 93.9. The molecule has 610 valence electrons. The maximum absolute atomic E-state index is 13.4. The van der Waals surface area contributed by atoms with Gasteiger partial charge in [0.05, 0.1) is 32.0 Å². The van der Waals surface area contributed by atoms with Crippen molar-refractivity contribution in [1.29, 1.82) is 0 Å². The summed E-state index contributed by atoms with van der Waals surface area (Å²) in [5.41, 5.74) is 0. The average Bonchev–Trinajstić information content (AvgIpc) is 0.789. The smallest absolute Gasteiger partial charge is 0.220 e. The van der Waals surface area contributed by atoms with Gasteiger partial charge in [-0.25, -0.2) is 0 Å². The molecule has 14 nitrogen and oxygen atoms in total. The third kappa shape index (κ3) is 55.5. The van der Waals surface area contributed by atoms with E-state index in [4.69, 9.17) is 18.9 Å². The fraction of sp³-hybridized carbons (Fsp3) is 0.750. The topological polar surface area (TPSA) is 228 Å². The van der Waals surface area contributed by atoms with Gasteiger partial charge in [0.1, 0.15) is 48.8 Å². The van der Waals surface area contributed by atoms with Gasteiger partial charge in [0, 0.05) is 6.42 Å². The number of carbonyl (C=O) groups excluding carboxylic acids is 1. The first-order valence-corrected chi connectivity index (χ1v) is 43.4. The van der Waals surface area contributed by atoms with E-state index in [0.717, 1.165) is 116 Å². The molecule has 0 aromatic rings. The second-order valence-electron chi connectivity index (χ2n) is 29.9. The third-order valence-corrected chi connectivity index (χ3v) is 20.3. The van der Waals surface area contributed by atoms with E-state index in [9.17, 15) is 45.6 Å². The quantitative estimate of drug-likeness (QED) is 0.0204. The highest BCUT2D eigenvalue weighted by atomic mass is 16.7. The molecule has 2 rings (SSSR count). The lowest BCUT2D eigenvalue weighted by atomic mass is 9.97. The number of rotatable bonds is 72. The van der Waals surface area contributed by atoms with Crippen LogP contribution >= 0.6 is 0 Å². The first-order valence-electron chi connectivity index (χ1n) is 43.4. The molecule has 2 fully saturated rings. The highest BCUT2D eigenvalue weighted by Gasteiger charge is 2.51. The Kier molecular flexibility index (Phi) is 68.5. The van der Waals surface area contributed by atoms with Crippen LogP contribution < -0.4 is 5.32 Å². The van der Waals surface area contributed by atoms with E-state index in [1.54, 1.807) is 6.08 Å². The summed E-state index contributed by atoms with van der Waals surface area (Å²) < 4.78 is 22.9. The molecule has 12 unspecified atom stereocenters. The van der Waals surface area contributed by atoms with Crippen LogP contribution in [0.15, 0.2) is 134 Å². The zero-order chi connectivity index (χ0) is 76.5. The second-order valence-corrected chi connectivity index (χ2v) is 29.9. The molecule has 0 aliphatic carbocycles. The van der Waals surface area contributed by atoms with Gasteiger partial charge < -0.3 is 65.1 Å². The SMILES string of the molecule is CC/C=C\C/C=C\C/C=C\C/C=C\C/C=C\C/C=C\C/C=C\C/C=C\C/C=C\C/C=C\CCCCCCCCCCC(=O)NC(COC1OC(CO)C(OC2OC(CO)C(O)C(O)C2O)C(O)C1O)C(O)/C=C/CCCCCCCCCCCCCCCCCCCCCCCCCCCCCCCCC. The number of nitrogens with one attached hydrogen (secondary N) is 1. The van der Waals surface area contributed by atoms with Crippen LogP contribution in [-0.2, 0) is 23.7 Å². The fourth-order valence-corrected chi connectivity index (χ4v) is 13.6. The predicted molar refractivity (Wildman–Crippen MR) is 442 cm³/mol. The largest absolute Gasteiger partial charge is 0.394 e. The van der Waals surface area contributed by atoms with Crippen molar-refractivity contribution < 1.29 is 64.6 Å². The molecule has 0 bridgehead atoms. The molecule has 106 heavy (non-hydrogen) atoms. The molecule has 14 heteroatoms. The van der Waals surface area contributed by atoms with Gasteiger partial charge >= 0.3 is 0 Å². The Bertz CT molecular complexity index is 2300. The summed E-state index contributed by atoms with van der Waals surface area (Å²) in [5.74, 6) is -0.249. The Balaban J connectivity index is 1.61. The van der Waals surface area contributed by atoms with Crippen molar-refractivity contribution in [1.82, 2.24) is 5.32 Å². The minimum Gasteiger partial charge on any atom is -0.394 e. The summed E-state index contributed by atoms with van der Waals surface area (Å²) in [5, 5.41) is 87.8. The van der Waals surface area contributed by atoms with Gasteiger partial charge in [-0.15, -0.1) is 0 Å². The minimum atomic E-state index is -1.80. The predicted octanol–water partition coefficient (Wildman–Crippen LogP) is 20.9. The molecule has 2 heterocycles. The lowest BCUT2D eigenvalue weighted by molar-refractivity contribution is -0.359. The highest BCUT2D eigenvalue weighted by molar-refractivity contribution is 5.76. The van der Waals surface area contributed by atoms with Crippen molar-refractivity contribution in [3.05, 3.63) is 134 Å². The van der Waals surface area contributed by atoms with E-state index in [-0.39, 0.29) is 18.9 Å². The number of ether oxygens (including phenoxy) is 4. The number of hydrogen-bond donors (Lipinski definition) is 9. The van der Waals surface area contributed by atoms with Gasteiger partial charge in [0.2, 0.25) is 5.91 Å². The van der Waals surface area contributed by atoms with Crippen LogP contribution in [0.4, 0.5) is 0 Å². The molecule has 0 aromatic heterocycles. The first kappa shape index (κ1) is 98.2. The number of carbonyl (C=O) groups is 1. The molecule has 2 saturated heterocycles. The van der Waals surface area contributed by atoms with E-state index >= 15 is 0 Å². The summed E-state index contributed by atoms with van der Waals surface area (Å²) in [6, 6.07) is -0.931. The number of amides is 1. The van der Waals surface area contributed by atoms with E-state index in [0.29, 0.717) is 6.42 Å². The van der Waals surface area contributed by atoms with Gasteiger partial charge in [-0.05, 0) is 96.3 Å². The molecule has 2 aliphatic heterocycles. The van der Waals surface area contributed by atoms with Crippen molar-refractivity contribution in [3.63, 3.8) is 0 Å². The number of hydrogen-bond acceptors (Lipinski definition) is 13. The zero-order valence-electron chi connectivity index (χ0n) is 67.1. The standard InChI is InChI=1S/C92H159NO13/c1-3-5-7-9-11-13-15-17-19-21-23-25-27-29-31-33-35-37-38-39-40-41-42-44-46-48-50-52-54-56-58-60-62-64-66-68-70-72-74-76-84(97)93-80(79-103-91-89(102)87(100)90(83(78-95)105-91)106-92-88(101)86(99)85(98)82(77-94)104-92)81(96)75-73-71-69-67-65-63-61-59-57-55-53-51-49-47-45-43-36-34-32-30-28-26-24-22-20-18-16-14-12-10-8-6-4-2/h5,7,11,13,17,19,23,25,29,31,35,37,39-40,42,44,48,50,54,56,73,75,80-83,85-92,94-96,98-102H,3-4,6,8-10,12,14-16,18,20-22,24,26-28,30,32-34,36,38,41,43,45-47,49,51-53,55,57-72,74,76-79H2,1-2H3,(H,93,97)/b7-5-,13-11-,19-17-,25-23-,31-29-,37-35-,40-39-,44-42-,50-48-,56-54-,75-73+. The highest BCUT2D eigenvalue weighted by Crippen LogP contribution is 2.30. The Morgan fingerprint density at radius 1 is 0.349 bits per heavy atom. The van der Waals surface area contributed by atoms with Gasteiger partial charge in [0.25, 0.3) is 0 Å². The Labute approximate surface area is 647 Å².